The van der Waals surface area contributed by atoms with Gasteiger partial charge in [-0.15, -0.1) is 0 Å². The summed E-state index contributed by atoms with van der Waals surface area (Å²) in [6, 6.07) is 1.93. The quantitative estimate of drug-likeness (QED) is 0.439. The minimum atomic E-state index is -3.69. The molecule has 0 atom stereocenters. The van der Waals surface area contributed by atoms with Crippen LogP contribution in [0, 0.1) is 11.6 Å². The normalized spacial score (nSPS) is 11.6. The van der Waals surface area contributed by atoms with Crippen LogP contribution >= 0.6 is 11.8 Å². The fraction of sp³-hybridized carbons (Fsp3) is 0.417. The lowest BCUT2D eigenvalue weighted by atomic mass is 10.1. The number of hydrogen-bond donors (Lipinski definition) is 0. The summed E-state index contributed by atoms with van der Waals surface area (Å²) in [5, 5.41) is -3.69. The maximum absolute atomic E-state index is 13.5. The number of hydrogen-bond acceptors (Lipinski definition) is 2. The lowest BCUT2D eigenvalue weighted by Crippen LogP contribution is -2.26. The van der Waals surface area contributed by atoms with Crippen LogP contribution in [0.4, 0.5) is 17.6 Å². The highest BCUT2D eigenvalue weighted by atomic mass is 32.2. The van der Waals surface area contributed by atoms with E-state index in [9.17, 15) is 22.4 Å². The lowest BCUT2D eigenvalue weighted by molar-refractivity contribution is 0.0562. The monoisotopic (exact) mass is 280 g/mol. The molecule has 18 heavy (non-hydrogen) atoms. The van der Waals surface area contributed by atoms with E-state index >= 15 is 0 Å². The van der Waals surface area contributed by atoms with Gasteiger partial charge < -0.3 is 0 Å². The predicted molar refractivity (Wildman–Crippen MR) is 63.0 cm³/mol. The van der Waals surface area contributed by atoms with Crippen LogP contribution in [0.3, 0.4) is 0 Å². The molecule has 0 bridgehead atoms. The van der Waals surface area contributed by atoms with Gasteiger partial charge in [0, 0.05) is 6.07 Å². The number of alkyl halides is 2. The van der Waals surface area contributed by atoms with Gasteiger partial charge in [-0.2, -0.15) is 8.78 Å². The second-order valence-corrected chi connectivity index (χ2v) is 4.88. The molecule has 1 rings (SSSR count). The number of unbranched alkanes of at least 4 members (excludes halogenated alkanes) is 1. The Morgan fingerprint density at radius 1 is 1.33 bits per heavy atom. The average Bonchev–Trinajstić information content (AvgIpc) is 2.28. The fourth-order valence-corrected chi connectivity index (χ4v) is 2.17. The van der Waals surface area contributed by atoms with Crippen molar-refractivity contribution in [3.63, 3.8) is 0 Å². The van der Waals surface area contributed by atoms with Gasteiger partial charge in [-0.3, -0.25) is 4.79 Å². The topological polar surface area (TPSA) is 17.1 Å². The van der Waals surface area contributed by atoms with Gasteiger partial charge in [0.05, 0.1) is 5.56 Å². The highest BCUT2D eigenvalue weighted by molar-refractivity contribution is 8.01. The molecule has 0 saturated heterocycles. The Labute approximate surface area is 107 Å². The Kier molecular flexibility index (Phi) is 5.19. The number of ketones is 1. The molecular formula is C12H12F4OS. The molecule has 0 aliphatic rings. The maximum atomic E-state index is 13.5. The average molecular weight is 280 g/mol. The van der Waals surface area contributed by atoms with E-state index in [0.29, 0.717) is 12.5 Å². The number of thioether (sulfide) groups is 1. The molecule has 0 aliphatic heterocycles. The number of carbonyl (C=O) groups excluding carboxylic acids is 1. The van der Waals surface area contributed by atoms with Crippen LogP contribution in [0.2, 0.25) is 0 Å². The molecule has 0 amide bonds. The minimum absolute atomic E-state index is 0.109. The van der Waals surface area contributed by atoms with Gasteiger partial charge >= 0.3 is 5.25 Å². The van der Waals surface area contributed by atoms with Crippen molar-refractivity contribution in [1.82, 2.24) is 0 Å². The van der Waals surface area contributed by atoms with Crippen molar-refractivity contribution in [3.05, 3.63) is 35.4 Å². The van der Waals surface area contributed by atoms with Gasteiger partial charge in [0.2, 0.25) is 5.78 Å². The van der Waals surface area contributed by atoms with Crippen LogP contribution in [-0.2, 0) is 0 Å². The molecule has 1 nitrogen and oxygen atoms in total. The third-order valence-electron chi connectivity index (χ3n) is 2.22. The second kappa shape index (κ2) is 6.22. The molecule has 0 N–H and O–H groups in total. The standard InChI is InChI=1S/C12H12F4OS/c1-2-3-6-18-12(15,16)11(17)9-5-4-8(13)7-10(9)14/h4-5,7H,2-3,6H2,1H3. The van der Waals surface area contributed by atoms with E-state index in [2.05, 4.69) is 0 Å². The van der Waals surface area contributed by atoms with Gasteiger partial charge in [0.25, 0.3) is 0 Å². The Morgan fingerprint density at radius 2 is 2.00 bits per heavy atom. The molecule has 0 fully saturated rings. The first-order valence-electron chi connectivity index (χ1n) is 5.40. The molecule has 0 spiro atoms. The van der Waals surface area contributed by atoms with E-state index in [0.717, 1.165) is 18.6 Å². The van der Waals surface area contributed by atoms with Crippen molar-refractivity contribution in [2.24, 2.45) is 0 Å². The maximum Gasteiger partial charge on any atom is 0.355 e. The van der Waals surface area contributed by atoms with Crippen LogP contribution in [0.25, 0.3) is 0 Å². The number of halogens is 4. The van der Waals surface area contributed by atoms with Gasteiger partial charge in [-0.25, -0.2) is 8.78 Å². The van der Waals surface area contributed by atoms with Crippen molar-refractivity contribution in [2.75, 3.05) is 5.75 Å². The van der Waals surface area contributed by atoms with E-state index in [1.54, 1.807) is 0 Å². The highest BCUT2D eigenvalue weighted by Crippen LogP contribution is 2.34. The molecule has 6 heteroatoms. The smallest absolute Gasteiger partial charge is 0.286 e. The first-order valence-corrected chi connectivity index (χ1v) is 6.38. The summed E-state index contributed by atoms with van der Waals surface area (Å²) in [5.74, 6) is -3.69. The van der Waals surface area contributed by atoms with Crippen LogP contribution in [-0.4, -0.2) is 16.8 Å². The molecule has 0 saturated carbocycles. The minimum Gasteiger partial charge on any atom is -0.286 e. The summed E-state index contributed by atoms with van der Waals surface area (Å²) < 4.78 is 52.7. The van der Waals surface area contributed by atoms with Crippen LogP contribution in [0.1, 0.15) is 30.1 Å². The number of benzene rings is 1. The van der Waals surface area contributed by atoms with E-state index < -0.39 is 28.2 Å². The molecule has 0 aromatic heterocycles. The summed E-state index contributed by atoms with van der Waals surface area (Å²) >= 11 is 0.176. The Hall–Kier alpha value is -1.04. The molecule has 1 aromatic carbocycles. The van der Waals surface area contributed by atoms with Crippen LogP contribution in [0.5, 0.6) is 0 Å². The number of rotatable bonds is 6. The van der Waals surface area contributed by atoms with E-state index in [1.165, 1.54) is 0 Å². The Bertz CT molecular complexity index is 434. The van der Waals surface area contributed by atoms with Crippen molar-refractivity contribution in [3.8, 4) is 0 Å². The largest absolute Gasteiger partial charge is 0.355 e. The summed E-state index contributed by atoms with van der Waals surface area (Å²) in [6.45, 7) is 1.83. The van der Waals surface area contributed by atoms with Gasteiger partial charge in [0.15, 0.2) is 0 Å². The zero-order valence-corrected chi connectivity index (χ0v) is 10.5. The van der Waals surface area contributed by atoms with Crippen molar-refractivity contribution in [1.29, 1.82) is 0 Å². The van der Waals surface area contributed by atoms with Gasteiger partial charge in [-0.05, 0) is 24.3 Å². The molecule has 100 valence electrons. The van der Waals surface area contributed by atoms with E-state index in [-0.39, 0.29) is 17.5 Å². The zero-order valence-electron chi connectivity index (χ0n) is 9.68. The Balaban J connectivity index is 2.84. The molecule has 1 aromatic rings. The first-order chi connectivity index (χ1) is 8.38. The highest BCUT2D eigenvalue weighted by Gasteiger charge is 2.40. The van der Waals surface area contributed by atoms with Crippen LogP contribution in [0.15, 0.2) is 18.2 Å². The number of Topliss-reactive ketones (excluding diaryl/α,β-unsaturated/α-hetero) is 1. The SMILES string of the molecule is CCCCSC(F)(F)C(=O)c1ccc(F)cc1F. The number of carbonyl (C=O) groups is 1. The second-order valence-electron chi connectivity index (χ2n) is 3.67. The lowest BCUT2D eigenvalue weighted by Gasteiger charge is -2.14. The predicted octanol–water partition coefficient (Wildman–Crippen LogP) is 4.27. The van der Waals surface area contributed by atoms with Crippen LogP contribution < -0.4 is 0 Å². The summed E-state index contributed by atoms with van der Waals surface area (Å²) in [7, 11) is 0. The van der Waals surface area contributed by atoms with Gasteiger partial charge in [-0.1, -0.05) is 25.1 Å². The summed E-state index contributed by atoms with van der Waals surface area (Å²) in [5.41, 5.74) is -0.787. The third kappa shape index (κ3) is 3.73. The molecule has 0 heterocycles. The molecular weight excluding hydrogens is 268 g/mol. The van der Waals surface area contributed by atoms with Crippen molar-refractivity contribution < 1.29 is 22.4 Å². The Morgan fingerprint density at radius 3 is 2.56 bits per heavy atom. The summed E-state index contributed by atoms with van der Waals surface area (Å²) in [4.78, 5) is 11.5. The summed E-state index contributed by atoms with van der Waals surface area (Å²) in [6.07, 6.45) is 1.27. The molecule has 0 unspecified atom stereocenters. The van der Waals surface area contributed by atoms with E-state index in [4.69, 9.17) is 0 Å². The fourth-order valence-electron chi connectivity index (χ4n) is 1.24. The first kappa shape index (κ1) is 15.0. The third-order valence-corrected chi connectivity index (χ3v) is 3.26. The molecule has 0 aliphatic carbocycles. The van der Waals surface area contributed by atoms with E-state index in [1.807, 2.05) is 6.92 Å². The molecule has 0 radical (unpaired) electrons. The zero-order chi connectivity index (χ0) is 13.8. The van der Waals surface area contributed by atoms with Crippen molar-refractivity contribution >= 4 is 17.5 Å². The van der Waals surface area contributed by atoms with Gasteiger partial charge in [0.1, 0.15) is 11.6 Å². The van der Waals surface area contributed by atoms with Crippen molar-refractivity contribution in [2.45, 2.75) is 25.0 Å².